The summed E-state index contributed by atoms with van der Waals surface area (Å²) in [5, 5.41) is 23.9. The number of aromatic hydroxyl groups is 2. The van der Waals surface area contributed by atoms with Crippen molar-refractivity contribution >= 4 is 45.7 Å². The summed E-state index contributed by atoms with van der Waals surface area (Å²) < 4.78 is 3.04. The van der Waals surface area contributed by atoms with Crippen LogP contribution in [-0.4, -0.2) is 10.2 Å². The van der Waals surface area contributed by atoms with E-state index in [-0.39, 0.29) is 11.9 Å². The zero-order valence-corrected chi connectivity index (χ0v) is 16.7. The van der Waals surface area contributed by atoms with Crippen molar-refractivity contribution in [2.75, 3.05) is 0 Å². The van der Waals surface area contributed by atoms with Crippen LogP contribution in [0.25, 0.3) is 16.6 Å². The van der Waals surface area contributed by atoms with Crippen molar-refractivity contribution in [2.24, 2.45) is 0 Å². The van der Waals surface area contributed by atoms with Gasteiger partial charge >= 0.3 is 11.9 Å². The molecule has 4 rings (SSSR count). The number of aromatic nitrogens is 2. The summed E-state index contributed by atoms with van der Waals surface area (Å²) in [7, 11) is 0. The highest BCUT2D eigenvalue weighted by Crippen LogP contribution is 2.27. The molecule has 1 heterocycles. The molecule has 0 bridgehead atoms. The Morgan fingerprint density at radius 1 is 0.786 bits per heavy atom. The van der Waals surface area contributed by atoms with E-state index in [9.17, 15) is 10.2 Å². The molecule has 0 saturated carbocycles. The number of rotatable bonds is 3. The van der Waals surface area contributed by atoms with E-state index in [4.69, 9.17) is 34.8 Å². The summed E-state index contributed by atoms with van der Waals surface area (Å²) in [5.74, 6) is -0.0983. The maximum absolute atomic E-state index is 11.1. The average molecular weight is 434 g/mol. The molecule has 0 aliphatic carbocycles. The third kappa shape index (κ3) is 3.35. The molecule has 4 aromatic rings. The Bertz CT molecular complexity index is 1190. The largest absolute Gasteiger partial charge is 0.638 e. The van der Waals surface area contributed by atoms with Crippen LogP contribution in [0.5, 0.6) is 11.9 Å². The van der Waals surface area contributed by atoms with Crippen molar-refractivity contribution in [3.63, 3.8) is 0 Å². The van der Waals surface area contributed by atoms with Crippen LogP contribution in [-0.2, 0) is 6.54 Å². The van der Waals surface area contributed by atoms with E-state index in [1.807, 2.05) is 30.3 Å². The molecular formula is C21H15Cl3N2O2+2. The molecular weight excluding hydrogens is 419 g/mol. The number of fused-ring (bicyclic) bond motifs is 1. The van der Waals surface area contributed by atoms with Crippen molar-refractivity contribution < 1.29 is 19.3 Å². The molecule has 2 N–H and O–H groups in total. The Hall–Kier alpha value is -2.53. The highest BCUT2D eigenvalue weighted by Gasteiger charge is 2.35. The van der Waals surface area contributed by atoms with E-state index in [1.165, 1.54) is 4.57 Å². The van der Waals surface area contributed by atoms with Gasteiger partial charge < -0.3 is 10.2 Å². The first-order chi connectivity index (χ1) is 13.5. The molecule has 1 aromatic heterocycles. The molecule has 0 radical (unpaired) electrons. The molecule has 3 aromatic carbocycles. The Labute approximate surface area is 176 Å². The zero-order chi connectivity index (χ0) is 19.8. The Balaban J connectivity index is 1.98. The van der Waals surface area contributed by atoms with Gasteiger partial charge in [-0.3, -0.25) is 0 Å². The minimum absolute atomic E-state index is 0.0983. The lowest BCUT2D eigenvalue weighted by molar-refractivity contribution is -0.776. The van der Waals surface area contributed by atoms with Gasteiger partial charge in [-0.1, -0.05) is 63.6 Å². The van der Waals surface area contributed by atoms with Crippen molar-refractivity contribution in [1.82, 2.24) is 0 Å². The third-order valence-electron chi connectivity index (χ3n) is 4.50. The van der Waals surface area contributed by atoms with Crippen LogP contribution in [0.15, 0.2) is 66.7 Å². The fourth-order valence-corrected chi connectivity index (χ4v) is 3.55. The van der Waals surface area contributed by atoms with Crippen LogP contribution < -0.4 is 9.13 Å². The quantitative estimate of drug-likeness (QED) is 0.455. The first kappa shape index (κ1) is 18.8. The van der Waals surface area contributed by atoms with Crippen LogP contribution in [0.3, 0.4) is 0 Å². The van der Waals surface area contributed by atoms with Gasteiger partial charge in [0.15, 0.2) is 11.9 Å². The fourth-order valence-electron chi connectivity index (χ4n) is 3.13. The van der Waals surface area contributed by atoms with Gasteiger partial charge in [0.05, 0.1) is 10.0 Å². The van der Waals surface area contributed by atoms with Crippen LogP contribution in [0.4, 0.5) is 0 Å². The van der Waals surface area contributed by atoms with Gasteiger partial charge in [0.1, 0.15) is 0 Å². The molecule has 0 saturated heterocycles. The van der Waals surface area contributed by atoms with Crippen molar-refractivity contribution in [2.45, 2.75) is 6.54 Å². The number of nitrogens with zero attached hydrogens (tertiary/aromatic N) is 2. The van der Waals surface area contributed by atoms with Gasteiger partial charge in [-0.05, 0) is 28.8 Å². The fraction of sp³-hybridized carbons (Fsp3) is 0.0476. The highest BCUT2D eigenvalue weighted by atomic mass is 35.5. The predicted molar refractivity (Wildman–Crippen MR) is 110 cm³/mol. The van der Waals surface area contributed by atoms with E-state index >= 15 is 0 Å². The summed E-state index contributed by atoms with van der Waals surface area (Å²) in [6, 6.07) is 19.4. The summed E-state index contributed by atoms with van der Waals surface area (Å²) in [6.45, 7) is 0.380. The van der Waals surface area contributed by atoms with Gasteiger partial charge in [0, 0.05) is 28.8 Å². The zero-order valence-electron chi connectivity index (χ0n) is 14.5. The average Bonchev–Trinajstić information content (AvgIpc) is 2.69. The highest BCUT2D eigenvalue weighted by molar-refractivity contribution is 6.42. The number of hydrogen-bond donors (Lipinski definition) is 2. The number of para-hydroxylation sites is 1. The first-order valence-corrected chi connectivity index (χ1v) is 9.57. The van der Waals surface area contributed by atoms with Crippen molar-refractivity contribution in [1.29, 1.82) is 0 Å². The smallest absolute Gasteiger partial charge is 0.459 e. The minimum Gasteiger partial charge on any atom is -0.459 e. The monoisotopic (exact) mass is 432 g/mol. The number of halogens is 3. The molecule has 0 aliphatic rings. The Kier molecular flexibility index (Phi) is 5.02. The van der Waals surface area contributed by atoms with E-state index < -0.39 is 0 Å². The van der Waals surface area contributed by atoms with E-state index in [1.54, 1.807) is 41.0 Å². The second kappa shape index (κ2) is 7.47. The SMILES string of the molecule is Oc1c2ccccc2[n+](Cc2ccc(Cl)cc2)c(O)[n+]1-c1ccc(Cl)c(Cl)c1. The Morgan fingerprint density at radius 3 is 2.21 bits per heavy atom. The minimum atomic E-state index is -0.149. The summed E-state index contributed by atoms with van der Waals surface area (Å²) >= 11 is 18.1. The topological polar surface area (TPSA) is 48.2 Å². The molecule has 0 aliphatic heterocycles. The van der Waals surface area contributed by atoms with E-state index in [2.05, 4.69) is 0 Å². The lowest BCUT2D eigenvalue weighted by atomic mass is 10.2. The molecule has 4 nitrogen and oxygen atoms in total. The lowest BCUT2D eigenvalue weighted by Gasteiger charge is -2.06. The third-order valence-corrected chi connectivity index (χ3v) is 5.50. The molecule has 0 spiro atoms. The van der Waals surface area contributed by atoms with Gasteiger partial charge in [0.25, 0.3) is 0 Å². The van der Waals surface area contributed by atoms with E-state index in [0.29, 0.717) is 38.2 Å². The van der Waals surface area contributed by atoms with Crippen LogP contribution in [0.2, 0.25) is 15.1 Å². The lowest BCUT2D eigenvalue weighted by Crippen LogP contribution is -2.47. The molecule has 7 heteroatoms. The van der Waals surface area contributed by atoms with Crippen molar-refractivity contribution in [3.8, 4) is 17.6 Å². The molecule has 28 heavy (non-hydrogen) atoms. The Morgan fingerprint density at radius 2 is 1.50 bits per heavy atom. The molecule has 0 fully saturated rings. The normalized spacial score (nSPS) is 11.1. The summed E-state index contributed by atoms with van der Waals surface area (Å²) in [4.78, 5) is 0. The van der Waals surface area contributed by atoms with Crippen LogP contribution in [0.1, 0.15) is 5.56 Å². The maximum Gasteiger partial charge on any atom is 0.638 e. The van der Waals surface area contributed by atoms with Gasteiger partial charge in [0.2, 0.25) is 11.2 Å². The van der Waals surface area contributed by atoms with Crippen LogP contribution in [0, 0.1) is 0 Å². The maximum atomic E-state index is 11.1. The van der Waals surface area contributed by atoms with Crippen LogP contribution >= 0.6 is 34.8 Å². The number of benzene rings is 3. The first-order valence-electron chi connectivity index (χ1n) is 8.44. The van der Waals surface area contributed by atoms with Gasteiger partial charge in [-0.15, -0.1) is 0 Å². The molecule has 0 atom stereocenters. The van der Waals surface area contributed by atoms with Gasteiger partial charge in [-0.25, -0.2) is 0 Å². The second-order valence-corrected chi connectivity index (χ2v) is 7.54. The summed E-state index contributed by atoms with van der Waals surface area (Å²) in [5.41, 5.74) is 2.12. The molecule has 0 unspecified atom stereocenters. The van der Waals surface area contributed by atoms with Gasteiger partial charge in [-0.2, -0.15) is 0 Å². The van der Waals surface area contributed by atoms with E-state index in [0.717, 1.165) is 5.56 Å². The van der Waals surface area contributed by atoms with Crippen molar-refractivity contribution in [3.05, 3.63) is 87.4 Å². The molecule has 0 amide bonds. The standard InChI is InChI=1S/C21H13Cl3N2O2/c22-14-7-5-13(6-8-14)12-25-19-4-2-1-3-16(19)20(27)26(21(25)28)15-9-10-17(23)18(24)11-15/h1-11H,12H2/p+2. The summed E-state index contributed by atoms with van der Waals surface area (Å²) in [6.07, 6.45) is 0. The molecule has 140 valence electrons. The predicted octanol–water partition coefficient (Wildman–Crippen LogP) is 4.82. The second-order valence-electron chi connectivity index (χ2n) is 6.29. The number of hydrogen-bond acceptors (Lipinski definition) is 2.